The Labute approximate surface area is 219 Å². The molecule has 37 heavy (non-hydrogen) atoms. The first kappa shape index (κ1) is 23.6. The van der Waals surface area contributed by atoms with Gasteiger partial charge in [0.15, 0.2) is 0 Å². The lowest BCUT2D eigenvalue weighted by Crippen LogP contribution is -2.51. The number of anilines is 2. The largest absolute Gasteiger partial charge is 0.368 e. The van der Waals surface area contributed by atoms with Crippen LogP contribution in [0.2, 0.25) is 0 Å². The molecule has 0 spiro atoms. The summed E-state index contributed by atoms with van der Waals surface area (Å²) in [7, 11) is 0. The van der Waals surface area contributed by atoms with E-state index in [-0.39, 0.29) is 5.92 Å². The number of piperidine rings is 1. The van der Waals surface area contributed by atoms with E-state index in [4.69, 9.17) is 4.98 Å². The lowest BCUT2D eigenvalue weighted by molar-refractivity contribution is -0.136. The van der Waals surface area contributed by atoms with E-state index in [1.54, 1.807) is 0 Å². The van der Waals surface area contributed by atoms with Crippen LogP contribution < -0.4 is 9.80 Å². The molecule has 0 saturated carbocycles. The average molecular weight is 494 g/mol. The third kappa shape index (κ3) is 4.80. The fraction of sp³-hybridized carbons (Fsp3) is 0.355. The maximum absolute atomic E-state index is 13.4. The molecule has 6 heteroatoms. The molecular weight excluding hydrogens is 458 g/mol. The van der Waals surface area contributed by atoms with Crippen molar-refractivity contribution in [1.82, 2.24) is 14.5 Å². The summed E-state index contributed by atoms with van der Waals surface area (Å²) < 4.78 is 2.35. The molecule has 4 aromatic rings. The molecule has 0 N–H and O–H groups in total. The number of benzene rings is 3. The summed E-state index contributed by atoms with van der Waals surface area (Å²) in [4.78, 5) is 25.3. The van der Waals surface area contributed by atoms with Crippen LogP contribution in [0.15, 0.2) is 78.9 Å². The van der Waals surface area contributed by atoms with Crippen molar-refractivity contribution < 1.29 is 4.79 Å². The van der Waals surface area contributed by atoms with E-state index < -0.39 is 0 Å². The standard InChI is InChI=1S/C31H35N5O/c1-24-9-5-6-10-26(24)23-36-29-14-8-7-13-28(29)32-31(36)35-17-15-25(16-18-35)30(37)34-21-19-33(20-22-34)27-11-3-2-4-12-27/h2-14,25H,15-23H2,1H3. The van der Waals surface area contributed by atoms with Crippen LogP contribution in [-0.4, -0.2) is 59.6 Å². The number of hydrogen-bond donors (Lipinski definition) is 0. The minimum absolute atomic E-state index is 0.105. The molecule has 0 atom stereocenters. The number of amides is 1. The summed E-state index contributed by atoms with van der Waals surface area (Å²) >= 11 is 0. The van der Waals surface area contributed by atoms with Crippen LogP contribution in [0.1, 0.15) is 24.0 Å². The third-order valence-corrected chi connectivity index (χ3v) is 8.06. The van der Waals surface area contributed by atoms with Gasteiger partial charge in [-0.05, 0) is 55.2 Å². The summed E-state index contributed by atoms with van der Waals surface area (Å²) in [5.74, 6) is 1.46. The molecule has 0 bridgehead atoms. The molecule has 3 heterocycles. The van der Waals surface area contributed by atoms with Gasteiger partial charge in [-0.1, -0.05) is 54.6 Å². The number of fused-ring (bicyclic) bond motifs is 1. The first-order valence-electron chi connectivity index (χ1n) is 13.5. The Morgan fingerprint density at radius 2 is 1.46 bits per heavy atom. The van der Waals surface area contributed by atoms with Crippen molar-refractivity contribution in [2.24, 2.45) is 5.92 Å². The van der Waals surface area contributed by atoms with Crippen LogP contribution in [0, 0.1) is 12.8 Å². The molecule has 0 radical (unpaired) electrons. The lowest BCUT2D eigenvalue weighted by atomic mass is 9.95. The molecule has 2 aliphatic rings. The lowest BCUT2D eigenvalue weighted by Gasteiger charge is -2.39. The number of rotatable bonds is 5. The van der Waals surface area contributed by atoms with Gasteiger partial charge >= 0.3 is 0 Å². The normalized spacial score (nSPS) is 16.9. The van der Waals surface area contributed by atoms with Crippen LogP contribution in [0.25, 0.3) is 11.0 Å². The number of nitrogens with zero attached hydrogens (tertiary/aromatic N) is 5. The maximum Gasteiger partial charge on any atom is 0.225 e. The van der Waals surface area contributed by atoms with Crippen LogP contribution >= 0.6 is 0 Å². The molecule has 6 nitrogen and oxygen atoms in total. The monoisotopic (exact) mass is 493 g/mol. The molecule has 0 unspecified atom stereocenters. The van der Waals surface area contributed by atoms with Gasteiger partial charge in [0.2, 0.25) is 11.9 Å². The zero-order valence-electron chi connectivity index (χ0n) is 21.6. The molecule has 2 saturated heterocycles. The average Bonchev–Trinajstić information content (AvgIpc) is 3.33. The third-order valence-electron chi connectivity index (χ3n) is 8.06. The number of carbonyl (C=O) groups excluding carboxylic acids is 1. The minimum Gasteiger partial charge on any atom is -0.368 e. The Balaban J connectivity index is 1.13. The highest BCUT2D eigenvalue weighted by molar-refractivity contribution is 5.80. The Morgan fingerprint density at radius 1 is 0.784 bits per heavy atom. The molecule has 190 valence electrons. The zero-order chi connectivity index (χ0) is 25.2. The maximum atomic E-state index is 13.4. The van der Waals surface area contributed by atoms with E-state index in [9.17, 15) is 4.79 Å². The van der Waals surface area contributed by atoms with E-state index in [2.05, 4.69) is 99.0 Å². The molecule has 2 aliphatic heterocycles. The van der Waals surface area contributed by atoms with Crippen molar-refractivity contribution in [3.8, 4) is 0 Å². The second-order valence-electron chi connectivity index (χ2n) is 10.3. The first-order valence-corrected chi connectivity index (χ1v) is 13.5. The number of carbonyl (C=O) groups is 1. The predicted molar refractivity (Wildman–Crippen MR) is 150 cm³/mol. The Kier molecular flexibility index (Phi) is 6.56. The van der Waals surface area contributed by atoms with Gasteiger partial charge in [-0.3, -0.25) is 4.79 Å². The number of hydrogen-bond acceptors (Lipinski definition) is 4. The highest BCUT2D eigenvalue weighted by Gasteiger charge is 2.32. The van der Waals surface area contributed by atoms with Gasteiger partial charge in [-0.2, -0.15) is 0 Å². The molecule has 2 fully saturated rings. The summed E-state index contributed by atoms with van der Waals surface area (Å²) in [5.41, 5.74) is 6.04. The van der Waals surface area contributed by atoms with Gasteiger partial charge in [-0.15, -0.1) is 0 Å². The highest BCUT2D eigenvalue weighted by atomic mass is 16.2. The minimum atomic E-state index is 0.105. The molecule has 1 amide bonds. The van der Waals surface area contributed by atoms with E-state index in [0.717, 1.165) is 75.6 Å². The van der Waals surface area contributed by atoms with Crippen molar-refractivity contribution in [3.05, 3.63) is 90.0 Å². The summed E-state index contributed by atoms with van der Waals surface area (Å²) in [6.45, 7) is 8.10. The van der Waals surface area contributed by atoms with E-state index in [1.165, 1.54) is 16.8 Å². The second kappa shape index (κ2) is 10.3. The quantitative estimate of drug-likeness (QED) is 0.394. The Hall–Kier alpha value is -3.80. The van der Waals surface area contributed by atoms with Crippen molar-refractivity contribution >= 4 is 28.6 Å². The van der Waals surface area contributed by atoms with Gasteiger partial charge in [0.05, 0.1) is 17.6 Å². The second-order valence-corrected chi connectivity index (χ2v) is 10.3. The van der Waals surface area contributed by atoms with Crippen molar-refractivity contribution in [1.29, 1.82) is 0 Å². The first-order chi connectivity index (χ1) is 18.2. The molecule has 3 aromatic carbocycles. The Morgan fingerprint density at radius 3 is 2.22 bits per heavy atom. The number of imidazole rings is 1. The number of piperazine rings is 1. The number of para-hydroxylation sites is 3. The molecule has 1 aromatic heterocycles. The van der Waals surface area contributed by atoms with Gasteiger partial charge in [-0.25, -0.2) is 4.98 Å². The van der Waals surface area contributed by atoms with Crippen molar-refractivity contribution in [2.45, 2.75) is 26.3 Å². The summed E-state index contributed by atoms with van der Waals surface area (Å²) in [5, 5.41) is 0. The summed E-state index contributed by atoms with van der Waals surface area (Å²) in [6, 6.07) is 27.5. The van der Waals surface area contributed by atoms with Gasteiger partial charge in [0, 0.05) is 50.9 Å². The van der Waals surface area contributed by atoms with Gasteiger partial charge in [0.1, 0.15) is 0 Å². The Bertz CT molecular complexity index is 1360. The predicted octanol–water partition coefficient (Wildman–Crippen LogP) is 4.96. The highest BCUT2D eigenvalue weighted by Crippen LogP contribution is 2.29. The SMILES string of the molecule is Cc1ccccc1Cn1c(N2CCC(C(=O)N3CCN(c4ccccc4)CC3)CC2)nc2ccccc21. The number of aryl methyl sites for hydroxylation is 1. The smallest absolute Gasteiger partial charge is 0.225 e. The zero-order valence-corrected chi connectivity index (χ0v) is 21.6. The molecule has 6 rings (SSSR count). The van der Waals surface area contributed by atoms with Crippen LogP contribution in [0.3, 0.4) is 0 Å². The topological polar surface area (TPSA) is 44.6 Å². The fourth-order valence-corrected chi connectivity index (χ4v) is 5.83. The fourth-order valence-electron chi connectivity index (χ4n) is 5.83. The van der Waals surface area contributed by atoms with E-state index in [1.807, 2.05) is 6.07 Å². The van der Waals surface area contributed by atoms with E-state index in [0.29, 0.717) is 5.91 Å². The molecular formula is C31H35N5O. The van der Waals surface area contributed by atoms with Crippen molar-refractivity contribution in [2.75, 3.05) is 49.1 Å². The van der Waals surface area contributed by atoms with E-state index >= 15 is 0 Å². The summed E-state index contributed by atoms with van der Waals surface area (Å²) in [6.07, 6.45) is 1.76. The van der Waals surface area contributed by atoms with Crippen LogP contribution in [0.4, 0.5) is 11.6 Å². The number of aromatic nitrogens is 2. The van der Waals surface area contributed by atoms with Gasteiger partial charge < -0.3 is 19.3 Å². The molecule has 0 aliphatic carbocycles. The van der Waals surface area contributed by atoms with Gasteiger partial charge in [0.25, 0.3) is 0 Å². The van der Waals surface area contributed by atoms with Crippen LogP contribution in [-0.2, 0) is 11.3 Å². The van der Waals surface area contributed by atoms with Crippen LogP contribution in [0.5, 0.6) is 0 Å². The van der Waals surface area contributed by atoms with Crippen molar-refractivity contribution in [3.63, 3.8) is 0 Å².